The third-order valence-electron chi connectivity index (χ3n) is 4.77. The summed E-state index contributed by atoms with van der Waals surface area (Å²) >= 11 is 0. The van der Waals surface area contributed by atoms with E-state index < -0.39 is 5.60 Å². The predicted molar refractivity (Wildman–Crippen MR) is 96.4 cm³/mol. The van der Waals surface area contributed by atoms with Crippen LogP contribution in [0.15, 0.2) is 40.8 Å². The molecule has 5 nitrogen and oxygen atoms in total. The first kappa shape index (κ1) is 17.7. The predicted octanol–water partition coefficient (Wildman–Crippen LogP) is 2.61. The second-order valence-electron chi connectivity index (χ2n) is 7.20. The van der Waals surface area contributed by atoms with Gasteiger partial charge in [-0.15, -0.1) is 0 Å². The molecule has 1 N–H and O–H groups in total. The molecule has 1 aliphatic heterocycles. The highest BCUT2D eigenvalue weighted by Gasteiger charge is 2.38. The van der Waals surface area contributed by atoms with Crippen molar-refractivity contribution in [2.45, 2.75) is 32.4 Å². The van der Waals surface area contributed by atoms with E-state index in [1.165, 1.54) is 5.56 Å². The molecular weight excluding hydrogens is 316 g/mol. The Morgan fingerprint density at radius 3 is 2.68 bits per heavy atom. The third-order valence-corrected chi connectivity index (χ3v) is 4.77. The first-order valence-corrected chi connectivity index (χ1v) is 8.67. The first-order valence-electron chi connectivity index (χ1n) is 8.67. The number of amides is 1. The summed E-state index contributed by atoms with van der Waals surface area (Å²) in [5.74, 6) is 0.908. The van der Waals surface area contributed by atoms with Crippen molar-refractivity contribution in [3.8, 4) is 0 Å². The Balaban J connectivity index is 1.60. The fourth-order valence-corrected chi connectivity index (χ4v) is 3.59. The molecular formula is C20H26N2O3. The van der Waals surface area contributed by atoms with Crippen molar-refractivity contribution in [1.82, 2.24) is 9.80 Å². The normalized spacial score (nSPS) is 20.8. The molecule has 5 heteroatoms. The smallest absolute Gasteiger partial charge is 0.289 e. The number of hydrogen-bond acceptors (Lipinski definition) is 4. The minimum Gasteiger partial charge on any atom is -0.456 e. The molecule has 1 fully saturated rings. The van der Waals surface area contributed by atoms with Crippen molar-refractivity contribution >= 4 is 5.91 Å². The molecule has 25 heavy (non-hydrogen) atoms. The van der Waals surface area contributed by atoms with Crippen LogP contribution in [0.1, 0.15) is 33.9 Å². The Bertz CT molecular complexity index is 741. The van der Waals surface area contributed by atoms with Crippen LogP contribution in [0.5, 0.6) is 0 Å². The largest absolute Gasteiger partial charge is 0.456 e. The first-order chi connectivity index (χ1) is 11.9. The Hall–Kier alpha value is -2.11. The molecule has 1 atom stereocenters. The van der Waals surface area contributed by atoms with Crippen molar-refractivity contribution in [1.29, 1.82) is 0 Å². The molecule has 0 unspecified atom stereocenters. The molecule has 1 saturated heterocycles. The summed E-state index contributed by atoms with van der Waals surface area (Å²) in [5, 5.41) is 10.9. The van der Waals surface area contributed by atoms with Crippen LogP contribution in [-0.4, -0.2) is 53.1 Å². The minimum atomic E-state index is -0.880. The highest BCUT2D eigenvalue weighted by atomic mass is 16.4. The second-order valence-corrected chi connectivity index (χ2v) is 7.20. The number of furan rings is 1. The molecule has 0 bridgehead atoms. The maximum atomic E-state index is 12.6. The van der Waals surface area contributed by atoms with Gasteiger partial charge in [0.05, 0.1) is 12.1 Å². The summed E-state index contributed by atoms with van der Waals surface area (Å²) in [7, 11) is 1.72. The maximum Gasteiger partial charge on any atom is 0.289 e. The van der Waals surface area contributed by atoms with Gasteiger partial charge in [-0.1, -0.05) is 30.3 Å². The van der Waals surface area contributed by atoms with Crippen molar-refractivity contribution in [2.24, 2.45) is 0 Å². The summed E-state index contributed by atoms with van der Waals surface area (Å²) in [6, 6.07) is 12.1. The van der Waals surface area contributed by atoms with Gasteiger partial charge in [0.1, 0.15) is 5.76 Å². The van der Waals surface area contributed by atoms with Crippen LogP contribution < -0.4 is 0 Å². The van der Waals surface area contributed by atoms with Gasteiger partial charge in [0.25, 0.3) is 5.91 Å². The molecule has 2 aromatic rings. The van der Waals surface area contributed by atoms with Gasteiger partial charge in [0, 0.05) is 32.2 Å². The molecule has 0 radical (unpaired) electrons. The molecule has 1 aromatic heterocycles. The van der Waals surface area contributed by atoms with Crippen LogP contribution >= 0.6 is 0 Å². The highest BCUT2D eigenvalue weighted by Crippen LogP contribution is 2.25. The van der Waals surface area contributed by atoms with E-state index in [1.807, 2.05) is 38.1 Å². The van der Waals surface area contributed by atoms with Crippen molar-refractivity contribution < 1.29 is 14.3 Å². The van der Waals surface area contributed by atoms with Gasteiger partial charge in [-0.25, -0.2) is 0 Å². The number of carbonyl (C=O) groups is 1. The monoisotopic (exact) mass is 342 g/mol. The van der Waals surface area contributed by atoms with Crippen molar-refractivity contribution in [3.63, 3.8) is 0 Å². The van der Waals surface area contributed by atoms with Gasteiger partial charge >= 0.3 is 0 Å². The summed E-state index contributed by atoms with van der Waals surface area (Å²) in [6.07, 6.45) is 0.660. The number of carbonyl (C=O) groups excluding carboxylic acids is 1. The van der Waals surface area contributed by atoms with Crippen LogP contribution in [-0.2, 0) is 6.54 Å². The lowest BCUT2D eigenvalue weighted by Crippen LogP contribution is -2.45. The van der Waals surface area contributed by atoms with Gasteiger partial charge in [-0.2, -0.15) is 0 Å². The van der Waals surface area contributed by atoms with E-state index in [2.05, 4.69) is 17.0 Å². The molecule has 1 aromatic carbocycles. The van der Waals surface area contributed by atoms with Gasteiger partial charge < -0.3 is 14.4 Å². The highest BCUT2D eigenvalue weighted by molar-refractivity contribution is 5.92. The molecule has 134 valence electrons. The molecule has 1 amide bonds. The SMILES string of the molecule is Cc1cc(C)c(C(=O)N(C)C[C@@]2(O)CCN(Cc3ccccc3)C2)o1. The Morgan fingerprint density at radius 2 is 2.04 bits per heavy atom. The zero-order valence-corrected chi connectivity index (χ0v) is 15.2. The number of aryl methyl sites for hydroxylation is 2. The number of benzene rings is 1. The van der Waals surface area contributed by atoms with E-state index in [-0.39, 0.29) is 5.91 Å². The Morgan fingerprint density at radius 1 is 1.32 bits per heavy atom. The van der Waals surface area contributed by atoms with Crippen LogP contribution in [0, 0.1) is 13.8 Å². The van der Waals surface area contributed by atoms with Gasteiger partial charge in [0.15, 0.2) is 5.76 Å². The lowest BCUT2D eigenvalue weighted by molar-refractivity contribution is 0.0159. The van der Waals surface area contributed by atoms with Crippen LogP contribution in [0.3, 0.4) is 0 Å². The molecule has 1 aliphatic rings. The zero-order valence-electron chi connectivity index (χ0n) is 15.2. The lowest BCUT2D eigenvalue weighted by Gasteiger charge is -2.28. The molecule has 0 saturated carbocycles. The number of hydrogen-bond donors (Lipinski definition) is 1. The topological polar surface area (TPSA) is 56.9 Å². The number of nitrogens with zero attached hydrogens (tertiary/aromatic N) is 2. The summed E-state index contributed by atoms with van der Waals surface area (Å²) < 4.78 is 5.51. The fourth-order valence-electron chi connectivity index (χ4n) is 3.59. The zero-order chi connectivity index (χ0) is 18.0. The van der Waals surface area contributed by atoms with Crippen LogP contribution in [0.2, 0.25) is 0 Å². The average molecular weight is 342 g/mol. The van der Waals surface area contributed by atoms with Gasteiger partial charge in [-0.05, 0) is 31.9 Å². The van der Waals surface area contributed by atoms with Gasteiger partial charge in [0.2, 0.25) is 0 Å². The Labute approximate surface area is 148 Å². The number of β-amino-alcohol motifs (C(OH)–C–C–N with tert-alkyl or cyclic N) is 1. The van der Waals surface area contributed by atoms with E-state index in [1.54, 1.807) is 11.9 Å². The number of aliphatic hydroxyl groups is 1. The molecule has 0 aliphatic carbocycles. The second kappa shape index (κ2) is 7.02. The van der Waals surface area contributed by atoms with Crippen molar-refractivity contribution in [3.05, 3.63) is 59.0 Å². The van der Waals surface area contributed by atoms with Crippen LogP contribution in [0.4, 0.5) is 0 Å². The van der Waals surface area contributed by atoms with E-state index in [0.717, 1.165) is 24.4 Å². The summed E-state index contributed by atoms with van der Waals surface area (Å²) in [4.78, 5) is 16.4. The fraction of sp³-hybridized carbons (Fsp3) is 0.450. The minimum absolute atomic E-state index is 0.180. The maximum absolute atomic E-state index is 12.6. The quantitative estimate of drug-likeness (QED) is 0.907. The number of likely N-dealkylation sites (N-methyl/N-ethyl adjacent to an activating group) is 1. The molecule has 2 heterocycles. The van der Waals surface area contributed by atoms with E-state index in [4.69, 9.17) is 4.42 Å². The summed E-state index contributed by atoms with van der Waals surface area (Å²) in [5.41, 5.74) is 1.19. The molecule has 0 spiro atoms. The number of rotatable bonds is 5. The lowest BCUT2D eigenvalue weighted by atomic mass is 10.0. The standard InChI is InChI=1S/C20H26N2O3/c1-15-11-16(2)25-18(15)19(23)21(3)13-20(24)9-10-22(14-20)12-17-7-5-4-6-8-17/h4-8,11,24H,9-10,12-14H2,1-3H3/t20-/m0/s1. The molecule has 3 rings (SSSR count). The van der Waals surface area contributed by atoms with E-state index in [9.17, 15) is 9.90 Å². The number of likely N-dealkylation sites (tertiary alicyclic amines) is 1. The van der Waals surface area contributed by atoms with Crippen molar-refractivity contribution in [2.75, 3.05) is 26.7 Å². The average Bonchev–Trinajstić information content (AvgIpc) is 3.09. The van der Waals surface area contributed by atoms with Crippen LogP contribution in [0.25, 0.3) is 0 Å². The summed E-state index contributed by atoms with van der Waals surface area (Å²) in [6.45, 7) is 6.20. The van der Waals surface area contributed by atoms with E-state index >= 15 is 0 Å². The van der Waals surface area contributed by atoms with E-state index in [0.29, 0.717) is 25.3 Å². The third kappa shape index (κ3) is 4.11. The van der Waals surface area contributed by atoms with Gasteiger partial charge in [-0.3, -0.25) is 9.69 Å². The Kier molecular flexibility index (Phi) is 4.97.